The first-order chi connectivity index (χ1) is 39.0. The van der Waals surface area contributed by atoms with E-state index in [1.807, 2.05) is 98.9 Å². The second-order valence-electron chi connectivity index (χ2n) is 23.6. The van der Waals surface area contributed by atoms with Crippen molar-refractivity contribution in [2.75, 3.05) is 57.3 Å². The second-order valence-corrected chi connectivity index (χ2v) is 24.9. The number of unbranched alkanes of at least 4 members (excludes halogenated alkanes) is 9. The molecule has 0 saturated carbocycles. The molecule has 3 aliphatic heterocycles. The number of carbonyl (C=O) groups is 5. The molecule has 3 aromatic heterocycles. The van der Waals surface area contributed by atoms with Crippen LogP contribution in [0.2, 0.25) is 5.02 Å². The molecular weight excluding hydrogens is 1060 g/mol. The summed E-state index contributed by atoms with van der Waals surface area (Å²) in [6.45, 7) is 12.9. The largest absolute Gasteiger partial charge is 0.391 e. The SMILES string of the molecule is Cc1ncsc1-c1ccc(CNC(=O)[C@@H]2C[C@@H](O)CN2C(=O)C(NC(=O)CCCCCCCCCCCCC(=O)N2CCN(CCC(NC(=O)C3(N)CCN(c4ncnc5[nH]ccc45)CC3)c3ccc(Cl)cc3)CC2)C(C)(C)C)cc1. The van der Waals surface area contributed by atoms with Crippen LogP contribution in [0.15, 0.2) is 72.6 Å². The molecule has 438 valence electrons. The quantitative estimate of drug-likeness (QED) is 0.0288. The van der Waals surface area contributed by atoms with Crippen molar-refractivity contribution >= 4 is 69.3 Å². The van der Waals surface area contributed by atoms with E-state index in [1.54, 1.807) is 17.7 Å². The number of nitrogens with zero attached hydrogens (tertiary/aromatic N) is 7. The number of aryl methyl sites for hydroxylation is 1. The number of anilines is 1. The zero-order chi connectivity index (χ0) is 57.5. The Hall–Kier alpha value is -5.99. The number of nitrogens with one attached hydrogen (secondary N) is 4. The molecule has 5 aromatic rings. The Balaban J connectivity index is 0.658. The highest BCUT2D eigenvalue weighted by atomic mass is 35.5. The first kappa shape index (κ1) is 61.1. The number of carbonyl (C=O) groups excluding carboxylic acids is 5. The number of hydrogen-bond acceptors (Lipinski definition) is 13. The number of hydrogen-bond donors (Lipinski definition) is 6. The number of rotatable bonds is 26. The fourth-order valence-corrected chi connectivity index (χ4v) is 12.4. The highest BCUT2D eigenvalue weighted by Gasteiger charge is 2.45. The van der Waals surface area contributed by atoms with Gasteiger partial charge in [0.25, 0.3) is 0 Å². The maximum Gasteiger partial charge on any atom is 0.246 e. The minimum atomic E-state index is -1.01. The molecule has 4 atom stereocenters. The number of halogens is 1. The Kier molecular flexibility index (Phi) is 21.7. The van der Waals surface area contributed by atoms with Gasteiger partial charge in [-0.3, -0.25) is 28.9 Å². The number of benzene rings is 2. The summed E-state index contributed by atoms with van der Waals surface area (Å²) in [5.74, 6) is 0.0473. The number of piperidine rings is 1. The number of amides is 5. The minimum absolute atomic E-state index is 0.0340. The highest BCUT2D eigenvalue weighted by molar-refractivity contribution is 7.13. The minimum Gasteiger partial charge on any atom is -0.391 e. The number of aliphatic hydroxyl groups is 1. The van der Waals surface area contributed by atoms with Crippen molar-refractivity contribution in [2.24, 2.45) is 11.1 Å². The van der Waals surface area contributed by atoms with Crippen molar-refractivity contribution < 1.29 is 29.1 Å². The van der Waals surface area contributed by atoms with Gasteiger partial charge < -0.3 is 46.5 Å². The molecule has 0 spiro atoms. The van der Waals surface area contributed by atoms with E-state index in [1.165, 1.54) is 4.90 Å². The zero-order valence-electron chi connectivity index (χ0n) is 47.9. The average Bonchev–Trinajstić information content (AvgIpc) is 4.48. The van der Waals surface area contributed by atoms with E-state index in [0.717, 1.165) is 128 Å². The normalized spacial score (nSPS) is 18.4. The number of fused-ring (bicyclic) bond motifs is 1. The Morgan fingerprint density at radius 2 is 1.48 bits per heavy atom. The molecule has 3 fully saturated rings. The van der Waals surface area contributed by atoms with Crippen LogP contribution in [0.1, 0.15) is 146 Å². The lowest BCUT2D eigenvalue weighted by atomic mass is 9.85. The Morgan fingerprint density at radius 3 is 2.12 bits per heavy atom. The van der Waals surface area contributed by atoms with Crippen LogP contribution in [0.25, 0.3) is 21.5 Å². The fourth-order valence-electron chi connectivity index (χ4n) is 11.5. The molecule has 3 saturated heterocycles. The molecule has 7 N–H and O–H groups in total. The van der Waals surface area contributed by atoms with Crippen molar-refractivity contribution in [3.63, 3.8) is 0 Å². The van der Waals surface area contributed by atoms with E-state index in [9.17, 15) is 29.1 Å². The Labute approximate surface area is 486 Å². The van der Waals surface area contributed by atoms with Crippen LogP contribution in [0.4, 0.5) is 5.82 Å². The highest BCUT2D eigenvalue weighted by Crippen LogP contribution is 2.32. The molecular formula is C61H85ClN12O6S. The van der Waals surface area contributed by atoms with E-state index in [2.05, 4.69) is 45.7 Å². The van der Waals surface area contributed by atoms with Gasteiger partial charge in [0.15, 0.2) is 0 Å². The second kappa shape index (κ2) is 28.8. The molecule has 81 heavy (non-hydrogen) atoms. The lowest BCUT2D eigenvalue weighted by Crippen LogP contribution is -2.60. The molecule has 2 aromatic carbocycles. The smallest absolute Gasteiger partial charge is 0.246 e. The van der Waals surface area contributed by atoms with Crippen molar-refractivity contribution in [3.05, 3.63) is 94.5 Å². The number of aromatic amines is 1. The van der Waals surface area contributed by atoms with Crippen molar-refractivity contribution in [2.45, 2.75) is 167 Å². The molecule has 18 nitrogen and oxygen atoms in total. The van der Waals surface area contributed by atoms with Gasteiger partial charge in [0.1, 0.15) is 29.9 Å². The van der Waals surface area contributed by atoms with Gasteiger partial charge in [0.2, 0.25) is 29.5 Å². The summed E-state index contributed by atoms with van der Waals surface area (Å²) in [5.41, 5.74) is 11.8. The van der Waals surface area contributed by atoms with E-state index >= 15 is 0 Å². The standard InChI is InChI=1S/C61H85ClN12O6S/c1-42-53(81-41-68-42)45-19-17-43(18-20-45)38-65-57(78)50-37-47(75)39-74(50)58(79)54(60(2,3)4)70-51(76)15-13-11-9-7-5-6-8-10-12-14-16-52(77)72-35-33-71(34-36-72)30-26-49(44-21-23-46(62)24-22-44)69-59(80)61(63)27-31-73(32-28-61)56-48-25-29-64-55(48)66-40-67-56/h17-25,29,40-41,47,49-50,54,75H,5-16,26-28,30-39,63H2,1-4H3,(H,65,78)(H,69,80)(H,70,76)(H,64,66,67)/t47-,49?,50+,54?/m1/s1. The number of nitrogens with two attached hydrogens (primary N) is 1. The Bertz CT molecular complexity index is 2860. The van der Waals surface area contributed by atoms with Crippen LogP contribution in [0, 0.1) is 12.3 Å². The maximum atomic E-state index is 14.1. The molecule has 2 unspecified atom stereocenters. The fraction of sp³-hybridized carbons (Fsp3) is 0.574. The predicted octanol–water partition coefficient (Wildman–Crippen LogP) is 8.22. The van der Waals surface area contributed by atoms with Crippen molar-refractivity contribution in [1.29, 1.82) is 0 Å². The topological polar surface area (TPSA) is 235 Å². The molecule has 3 aliphatic rings. The van der Waals surface area contributed by atoms with E-state index in [4.69, 9.17) is 17.3 Å². The van der Waals surface area contributed by atoms with Crippen LogP contribution < -0.4 is 26.6 Å². The van der Waals surface area contributed by atoms with Gasteiger partial charge in [0.05, 0.1) is 39.2 Å². The van der Waals surface area contributed by atoms with Crippen molar-refractivity contribution in [3.8, 4) is 10.4 Å². The van der Waals surface area contributed by atoms with Gasteiger partial charge in [-0.1, -0.05) is 120 Å². The monoisotopic (exact) mass is 1150 g/mol. The summed E-state index contributed by atoms with van der Waals surface area (Å²) in [7, 11) is 0. The molecule has 0 radical (unpaired) electrons. The lowest BCUT2D eigenvalue weighted by Gasteiger charge is -2.39. The molecule has 6 heterocycles. The number of β-amino-alcohol motifs (C(OH)–C–C–N with tert-alkyl or cyclic N) is 1. The third-order valence-corrected chi connectivity index (χ3v) is 17.8. The van der Waals surface area contributed by atoms with Gasteiger partial charge in [-0.2, -0.15) is 0 Å². The van der Waals surface area contributed by atoms with Crippen molar-refractivity contribution in [1.82, 2.24) is 50.6 Å². The molecule has 5 amide bonds. The number of piperazine rings is 1. The summed E-state index contributed by atoms with van der Waals surface area (Å²) >= 11 is 7.85. The van der Waals surface area contributed by atoms with Gasteiger partial charge in [-0.15, -0.1) is 11.3 Å². The third-order valence-electron chi connectivity index (χ3n) is 16.5. The number of aromatic nitrogens is 4. The van der Waals surface area contributed by atoms with Crippen LogP contribution in [-0.2, 0) is 30.5 Å². The first-order valence-electron chi connectivity index (χ1n) is 29.4. The van der Waals surface area contributed by atoms with Gasteiger partial charge >= 0.3 is 0 Å². The number of thiazole rings is 1. The van der Waals surface area contributed by atoms with Gasteiger partial charge in [-0.25, -0.2) is 15.0 Å². The summed E-state index contributed by atoms with van der Waals surface area (Å²) in [6.07, 6.45) is 15.5. The van der Waals surface area contributed by atoms with Gasteiger partial charge in [-0.05, 0) is 79.3 Å². The van der Waals surface area contributed by atoms with Crippen LogP contribution in [0.3, 0.4) is 0 Å². The van der Waals surface area contributed by atoms with Crippen LogP contribution in [0.5, 0.6) is 0 Å². The Morgan fingerprint density at radius 1 is 0.827 bits per heavy atom. The molecule has 20 heteroatoms. The molecule has 0 bridgehead atoms. The van der Waals surface area contributed by atoms with E-state index in [-0.39, 0.29) is 55.1 Å². The number of aliphatic hydroxyl groups excluding tert-OH is 1. The average molecular weight is 1150 g/mol. The third kappa shape index (κ3) is 16.8. The molecule has 0 aliphatic carbocycles. The number of likely N-dealkylation sites (tertiary alicyclic amines) is 1. The maximum absolute atomic E-state index is 14.1. The zero-order valence-corrected chi connectivity index (χ0v) is 49.5. The van der Waals surface area contributed by atoms with E-state index in [0.29, 0.717) is 63.3 Å². The summed E-state index contributed by atoms with van der Waals surface area (Å²) in [4.78, 5) is 93.4. The number of H-pyrrole nitrogens is 1. The lowest BCUT2D eigenvalue weighted by molar-refractivity contribution is -0.144. The van der Waals surface area contributed by atoms with Crippen LogP contribution in [-0.4, -0.2) is 145 Å². The summed E-state index contributed by atoms with van der Waals surface area (Å²) in [5, 5.41) is 21.5. The summed E-state index contributed by atoms with van der Waals surface area (Å²) < 4.78 is 0. The van der Waals surface area contributed by atoms with Gasteiger partial charge in [0, 0.05) is 89.4 Å². The summed E-state index contributed by atoms with van der Waals surface area (Å²) in [6, 6.07) is 15.6. The van der Waals surface area contributed by atoms with Crippen LogP contribution >= 0.6 is 22.9 Å². The first-order valence-corrected chi connectivity index (χ1v) is 30.6. The van der Waals surface area contributed by atoms with E-state index < -0.39 is 29.1 Å². The predicted molar refractivity (Wildman–Crippen MR) is 319 cm³/mol. The molecule has 8 rings (SSSR count).